The Bertz CT molecular complexity index is 441. The molecule has 0 aliphatic carbocycles. The van der Waals surface area contributed by atoms with E-state index in [4.69, 9.17) is 0 Å². The van der Waals surface area contributed by atoms with Gasteiger partial charge in [0.1, 0.15) is 0 Å². The molecule has 2 nitrogen and oxygen atoms in total. The first-order valence-corrected chi connectivity index (χ1v) is 6.16. The van der Waals surface area contributed by atoms with Crippen molar-refractivity contribution in [2.75, 3.05) is 0 Å². The molecule has 0 radical (unpaired) electrons. The van der Waals surface area contributed by atoms with Crippen molar-refractivity contribution >= 4 is 22.6 Å². The van der Waals surface area contributed by atoms with Gasteiger partial charge in [0, 0.05) is 22.4 Å². The Morgan fingerprint density at radius 3 is 2.31 bits per heavy atom. The molecule has 1 heterocycles. The third-order valence-corrected chi connectivity index (χ3v) is 3.15. The van der Waals surface area contributed by atoms with E-state index < -0.39 is 6.10 Å². The second-order valence-electron chi connectivity index (χ2n) is 3.63. The Hall–Kier alpha value is -0.940. The van der Waals surface area contributed by atoms with Gasteiger partial charge in [0.2, 0.25) is 0 Å². The maximum Gasteiger partial charge on any atom is 0.0831 e. The minimum Gasteiger partial charge on any atom is -0.388 e. The molecular weight excluding hydrogens is 313 g/mol. The normalized spacial score (nSPS) is 12.4. The lowest BCUT2D eigenvalue weighted by Crippen LogP contribution is -2.01. The summed E-state index contributed by atoms with van der Waals surface area (Å²) in [4.78, 5) is 3.93. The zero-order chi connectivity index (χ0) is 11.4. The van der Waals surface area contributed by atoms with Crippen molar-refractivity contribution in [1.29, 1.82) is 0 Å². The van der Waals surface area contributed by atoms with Gasteiger partial charge in [-0.1, -0.05) is 12.1 Å². The summed E-state index contributed by atoms with van der Waals surface area (Å²) >= 11 is 2.27. The molecule has 3 heteroatoms. The smallest absolute Gasteiger partial charge is 0.0831 e. The van der Waals surface area contributed by atoms with Gasteiger partial charge in [0.25, 0.3) is 0 Å². The molecule has 0 bridgehead atoms. The number of aliphatic hydroxyl groups is 1. The number of pyridine rings is 1. The number of hydrogen-bond acceptors (Lipinski definition) is 2. The van der Waals surface area contributed by atoms with Crippen molar-refractivity contribution in [3.8, 4) is 0 Å². The highest BCUT2D eigenvalue weighted by molar-refractivity contribution is 14.1. The van der Waals surface area contributed by atoms with Crippen molar-refractivity contribution < 1.29 is 5.11 Å². The Kier molecular flexibility index (Phi) is 3.90. The summed E-state index contributed by atoms with van der Waals surface area (Å²) in [6.45, 7) is 0. The fourth-order valence-electron chi connectivity index (χ4n) is 1.55. The van der Waals surface area contributed by atoms with E-state index in [0.717, 1.165) is 11.1 Å². The summed E-state index contributed by atoms with van der Waals surface area (Å²) in [5.41, 5.74) is 2.05. The van der Waals surface area contributed by atoms with E-state index in [0.29, 0.717) is 6.42 Å². The van der Waals surface area contributed by atoms with Crippen molar-refractivity contribution in [3.05, 3.63) is 63.5 Å². The van der Waals surface area contributed by atoms with Crippen LogP contribution in [0.25, 0.3) is 0 Å². The summed E-state index contributed by atoms with van der Waals surface area (Å²) in [5.74, 6) is 0. The second kappa shape index (κ2) is 5.41. The van der Waals surface area contributed by atoms with Crippen LogP contribution in [0, 0.1) is 3.57 Å². The van der Waals surface area contributed by atoms with Gasteiger partial charge in [-0.2, -0.15) is 0 Å². The van der Waals surface area contributed by atoms with Crippen LogP contribution >= 0.6 is 22.6 Å². The van der Waals surface area contributed by atoms with Crippen LogP contribution in [0.15, 0.2) is 48.8 Å². The summed E-state index contributed by atoms with van der Waals surface area (Å²) in [7, 11) is 0. The largest absolute Gasteiger partial charge is 0.388 e. The fourth-order valence-corrected chi connectivity index (χ4v) is 1.91. The molecule has 2 aromatic rings. The molecule has 2 rings (SSSR count). The van der Waals surface area contributed by atoms with Crippen LogP contribution in [-0.4, -0.2) is 10.1 Å². The lowest BCUT2D eigenvalue weighted by Gasteiger charge is -2.10. The zero-order valence-corrected chi connectivity index (χ0v) is 10.8. The summed E-state index contributed by atoms with van der Waals surface area (Å²) in [6.07, 6.45) is 3.59. The average molecular weight is 325 g/mol. The van der Waals surface area contributed by atoms with E-state index in [9.17, 15) is 5.11 Å². The van der Waals surface area contributed by atoms with Crippen molar-refractivity contribution in [2.45, 2.75) is 12.5 Å². The predicted molar refractivity (Wildman–Crippen MR) is 72.1 cm³/mol. The number of rotatable bonds is 3. The Labute approximate surface area is 108 Å². The zero-order valence-electron chi connectivity index (χ0n) is 8.68. The van der Waals surface area contributed by atoms with Gasteiger partial charge in [0.05, 0.1) is 6.10 Å². The highest BCUT2D eigenvalue weighted by Gasteiger charge is 2.07. The summed E-state index contributed by atoms with van der Waals surface area (Å²) in [6, 6.07) is 11.9. The molecule has 1 aromatic heterocycles. The SMILES string of the molecule is OC(Cc1ccc(I)cc1)c1ccncc1. The van der Waals surface area contributed by atoms with Gasteiger partial charge in [-0.25, -0.2) is 0 Å². The number of hydrogen-bond donors (Lipinski definition) is 1. The molecule has 1 atom stereocenters. The molecule has 0 saturated carbocycles. The van der Waals surface area contributed by atoms with Gasteiger partial charge < -0.3 is 5.11 Å². The third kappa shape index (κ3) is 3.02. The molecule has 0 amide bonds. The second-order valence-corrected chi connectivity index (χ2v) is 4.87. The third-order valence-electron chi connectivity index (χ3n) is 2.43. The fraction of sp³-hybridized carbons (Fsp3) is 0.154. The first-order chi connectivity index (χ1) is 7.75. The van der Waals surface area contributed by atoms with Gasteiger partial charge >= 0.3 is 0 Å². The van der Waals surface area contributed by atoms with E-state index >= 15 is 0 Å². The minimum absolute atomic E-state index is 0.455. The van der Waals surface area contributed by atoms with Crippen LogP contribution < -0.4 is 0 Å². The van der Waals surface area contributed by atoms with Crippen LogP contribution in [0.1, 0.15) is 17.2 Å². The van der Waals surface area contributed by atoms with Crippen LogP contribution in [0.4, 0.5) is 0 Å². The van der Waals surface area contributed by atoms with E-state index in [1.807, 2.05) is 24.3 Å². The number of aliphatic hydroxyl groups excluding tert-OH is 1. The lowest BCUT2D eigenvalue weighted by molar-refractivity contribution is 0.178. The molecule has 0 spiro atoms. The highest BCUT2D eigenvalue weighted by atomic mass is 127. The van der Waals surface area contributed by atoms with Crippen LogP contribution in [0.5, 0.6) is 0 Å². The van der Waals surface area contributed by atoms with Crippen LogP contribution in [0.2, 0.25) is 0 Å². The van der Waals surface area contributed by atoms with Gasteiger partial charge in [-0.3, -0.25) is 4.98 Å². The lowest BCUT2D eigenvalue weighted by atomic mass is 10.0. The maximum atomic E-state index is 10.0. The molecule has 1 unspecified atom stereocenters. The minimum atomic E-state index is -0.455. The van der Waals surface area contributed by atoms with Gasteiger partial charge in [-0.15, -0.1) is 0 Å². The van der Waals surface area contributed by atoms with E-state index in [-0.39, 0.29) is 0 Å². The maximum absolute atomic E-state index is 10.0. The molecule has 0 aliphatic rings. The van der Waals surface area contributed by atoms with Gasteiger partial charge in [-0.05, 0) is 58.0 Å². The van der Waals surface area contributed by atoms with E-state index in [1.54, 1.807) is 12.4 Å². The average Bonchev–Trinajstić information content (AvgIpc) is 2.33. The summed E-state index contributed by atoms with van der Waals surface area (Å²) < 4.78 is 1.21. The Morgan fingerprint density at radius 2 is 1.69 bits per heavy atom. The molecule has 16 heavy (non-hydrogen) atoms. The topological polar surface area (TPSA) is 33.1 Å². The molecule has 82 valence electrons. The van der Waals surface area contributed by atoms with E-state index in [2.05, 4.69) is 39.7 Å². The van der Waals surface area contributed by atoms with Crippen molar-refractivity contribution in [1.82, 2.24) is 4.98 Å². The summed E-state index contributed by atoms with van der Waals surface area (Å²) in [5, 5.41) is 10.0. The van der Waals surface area contributed by atoms with E-state index in [1.165, 1.54) is 3.57 Å². The number of nitrogens with zero attached hydrogens (tertiary/aromatic N) is 1. The van der Waals surface area contributed by atoms with Crippen LogP contribution in [-0.2, 0) is 6.42 Å². The molecule has 1 aromatic carbocycles. The molecule has 1 N–H and O–H groups in total. The number of aromatic nitrogens is 1. The Morgan fingerprint density at radius 1 is 1.06 bits per heavy atom. The van der Waals surface area contributed by atoms with Gasteiger partial charge in [0.15, 0.2) is 0 Å². The standard InChI is InChI=1S/C13H12INO/c14-12-3-1-10(2-4-12)9-13(16)11-5-7-15-8-6-11/h1-8,13,16H,9H2. The van der Waals surface area contributed by atoms with Crippen LogP contribution in [0.3, 0.4) is 0 Å². The predicted octanol–water partition coefficient (Wildman–Crippen LogP) is 2.96. The molecule has 0 saturated heterocycles. The number of halogens is 1. The van der Waals surface area contributed by atoms with Crippen molar-refractivity contribution in [2.24, 2.45) is 0 Å². The monoisotopic (exact) mass is 325 g/mol. The first-order valence-electron chi connectivity index (χ1n) is 5.08. The molecule has 0 fully saturated rings. The molecular formula is C13H12INO. The number of benzene rings is 1. The highest BCUT2D eigenvalue weighted by Crippen LogP contribution is 2.18. The first kappa shape index (κ1) is 11.5. The van der Waals surface area contributed by atoms with Crippen molar-refractivity contribution in [3.63, 3.8) is 0 Å². The Balaban J connectivity index is 2.08. The quantitative estimate of drug-likeness (QED) is 0.880. The molecule has 0 aliphatic heterocycles.